The number of methoxy groups -OCH3 is 2. The van der Waals surface area contributed by atoms with Crippen LogP contribution in [0.3, 0.4) is 0 Å². The Balaban J connectivity index is 3.19. The summed E-state index contributed by atoms with van der Waals surface area (Å²) in [4.78, 5) is 23.9. The third-order valence-electron chi connectivity index (χ3n) is 2.92. The van der Waals surface area contributed by atoms with Crippen molar-refractivity contribution in [1.29, 1.82) is 0 Å². The van der Waals surface area contributed by atoms with Crippen molar-refractivity contribution >= 4 is 33.9 Å². The molecular formula is C17H17BrO5. The Morgan fingerprint density at radius 1 is 1.22 bits per heavy atom. The molecule has 0 N–H and O–H groups in total. The summed E-state index contributed by atoms with van der Waals surface area (Å²) in [5.74, 6) is -0.307. The van der Waals surface area contributed by atoms with Gasteiger partial charge in [0.05, 0.1) is 20.8 Å². The second kappa shape index (κ2) is 9.82. The van der Waals surface area contributed by atoms with E-state index >= 15 is 0 Å². The Kier molecular flexibility index (Phi) is 8.09. The maximum atomic E-state index is 12.0. The summed E-state index contributed by atoms with van der Waals surface area (Å²) in [7, 11) is 2.41. The first-order chi connectivity index (χ1) is 11.0. The standard InChI is InChI=1S/C17H17BrO5/c1-4-9-23-11-13(10-12-5-7-14(18)8-6-12)15(16(19)21-2)17(20)22-3/h1,5-8,10,15H,9,11H2,2-3H3/b13-10-. The molecule has 1 rings (SSSR count). The van der Waals surface area contributed by atoms with Crippen LogP contribution in [0.2, 0.25) is 0 Å². The van der Waals surface area contributed by atoms with Gasteiger partial charge in [-0.15, -0.1) is 6.42 Å². The first-order valence-corrected chi connectivity index (χ1v) is 7.45. The van der Waals surface area contributed by atoms with Crippen molar-refractivity contribution in [2.24, 2.45) is 5.92 Å². The van der Waals surface area contributed by atoms with Crippen LogP contribution in [0.4, 0.5) is 0 Å². The monoisotopic (exact) mass is 380 g/mol. The number of carbonyl (C=O) groups excluding carboxylic acids is 2. The van der Waals surface area contributed by atoms with Gasteiger partial charge in [-0.1, -0.05) is 40.1 Å². The number of rotatable bonds is 7. The molecule has 0 radical (unpaired) electrons. The Hall–Kier alpha value is -2.10. The van der Waals surface area contributed by atoms with Gasteiger partial charge in [0.2, 0.25) is 0 Å². The minimum absolute atomic E-state index is 0.00906. The summed E-state index contributed by atoms with van der Waals surface area (Å²) >= 11 is 3.34. The van der Waals surface area contributed by atoms with Crippen LogP contribution >= 0.6 is 15.9 Å². The molecule has 0 aliphatic carbocycles. The minimum atomic E-state index is -1.20. The van der Waals surface area contributed by atoms with Crippen molar-refractivity contribution < 1.29 is 23.8 Å². The molecule has 5 nitrogen and oxygen atoms in total. The van der Waals surface area contributed by atoms with E-state index in [0.717, 1.165) is 10.0 Å². The lowest BCUT2D eigenvalue weighted by Crippen LogP contribution is -2.30. The van der Waals surface area contributed by atoms with E-state index in [1.807, 2.05) is 24.3 Å². The number of benzene rings is 1. The highest BCUT2D eigenvalue weighted by Gasteiger charge is 2.32. The zero-order chi connectivity index (χ0) is 17.2. The largest absolute Gasteiger partial charge is 0.468 e. The van der Waals surface area contributed by atoms with Gasteiger partial charge in [0, 0.05) is 4.47 Å². The summed E-state index contributed by atoms with van der Waals surface area (Å²) in [5.41, 5.74) is 1.20. The Labute approximate surface area is 143 Å². The fourth-order valence-corrected chi connectivity index (χ4v) is 2.11. The van der Waals surface area contributed by atoms with E-state index in [9.17, 15) is 9.59 Å². The highest BCUT2D eigenvalue weighted by molar-refractivity contribution is 9.10. The molecule has 0 bridgehead atoms. The Morgan fingerprint density at radius 3 is 2.26 bits per heavy atom. The van der Waals surface area contributed by atoms with E-state index in [0.29, 0.717) is 5.57 Å². The average molecular weight is 381 g/mol. The van der Waals surface area contributed by atoms with E-state index in [1.165, 1.54) is 14.2 Å². The lowest BCUT2D eigenvalue weighted by Gasteiger charge is -2.16. The molecule has 0 aliphatic rings. The third kappa shape index (κ3) is 5.89. The predicted molar refractivity (Wildman–Crippen MR) is 89.3 cm³/mol. The molecule has 6 heteroatoms. The van der Waals surface area contributed by atoms with E-state index < -0.39 is 17.9 Å². The van der Waals surface area contributed by atoms with E-state index in [4.69, 9.17) is 20.6 Å². The van der Waals surface area contributed by atoms with Gasteiger partial charge in [-0.25, -0.2) is 0 Å². The number of terminal acetylenes is 1. The second-order valence-corrected chi connectivity index (χ2v) is 5.36. The van der Waals surface area contributed by atoms with Crippen LogP contribution in [0.1, 0.15) is 5.56 Å². The SMILES string of the molecule is C#CCOC/C(=C/c1ccc(Br)cc1)C(C(=O)OC)C(=O)OC. The molecule has 0 heterocycles. The fraction of sp³-hybridized carbons (Fsp3) is 0.294. The molecule has 0 amide bonds. The summed E-state index contributed by atoms with van der Waals surface area (Å²) < 4.78 is 15.6. The first-order valence-electron chi connectivity index (χ1n) is 6.66. The molecule has 0 spiro atoms. The van der Waals surface area contributed by atoms with Crippen LogP contribution in [-0.4, -0.2) is 39.4 Å². The van der Waals surface area contributed by atoms with Gasteiger partial charge >= 0.3 is 11.9 Å². The number of ether oxygens (including phenoxy) is 3. The van der Waals surface area contributed by atoms with Gasteiger partial charge in [0.15, 0.2) is 5.92 Å². The van der Waals surface area contributed by atoms with Crippen LogP contribution in [0.15, 0.2) is 34.3 Å². The predicted octanol–water partition coefficient (Wildman–Crippen LogP) is 2.44. The van der Waals surface area contributed by atoms with Gasteiger partial charge in [-0.2, -0.15) is 0 Å². The van der Waals surface area contributed by atoms with Crippen molar-refractivity contribution in [2.45, 2.75) is 0 Å². The Bertz CT molecular complexity index is 597. The lowest BCUT2D eigenvalue weighted by atomic mass is 9.97. The van der Waals surface area contributed by atoms with E-state index in [1.54, 1.807) is 6.08 Å². The van der Waals surface area contributed by atoms with Gasteiger partial charge in [0.25, 0.3) is 0 Å². The molecule has 0 fully saturated rings. The lowest BCUT2D eigenvalue weighted by molar-refractivity contribution is -0.157. The first kappa shape index (κ1) is 18.9. The third-order valence-corrected chi connectivity index (χ3v) is 3.45. The normalized spacial score (nSPS) is 11.0. The average Bonchev–Trinajstić information content (AvgIpc) is 2.56. The van der Waals surface area contributed by atoms with Crippen molar-refractivity contribution in [3.63, 3.8) is 0 Å². The van der Waals surface area contributed by atoms with E-state index in [2.05, 4.69) is 21.9 Å². The minimum Gasteiger partial charge on any atom is -0.468 e. The number of carbonyl (C=O) groups is 2. The quantitative estimate of drug-likeness (QED) is 0.314. The van der Waals surface area contributed by atoms with Gasteiger partial charge in [-0.05, 0) is 23.3 Å². The smallest absolute Gasteiger partial charge is 0.324 e. The van der Waals surface area contributed by atoms with Crippen LogP contribution in [0, 0.1) is 18.3 Å². The van der Waals surface area contributed by atoms with Crippen molar-refractivity contribution in [1.82, 2.24) is 0 Å². The highest BCUT2D eigenvalue weighted by atomic mass is 79.9. The van der Waals surface area contributed by atoms with Gasteiger partial charge in [-0.3, -0.25) is 9.59 Å². The highest BCUT2D eigenvalue weighted by Crippen LogP contribution is 2.20. The van der Waals surface area contributed by atoms with Crippen LogP contribution in [0.5, 0.6) is 0 Å². The molecule has 0 aliphatic heterocycles. The summed E-state index contributed by atoms with van der Waals surface area (Å²) in [6.07, 6.45) is 6.83. The molecular weight excluding hydrogens is 364 g/mol. The van der Waals surface area contributed by atoms with Gasteiger partial charge in [0.1, 0.15) is 6.61 Å². The topological polar surface area (TPSA) is 61.8 Å². The summed E-state index contributed by atoms with van der Waals surface area (Å²) in [6, 6.07) is 7.35. The van der Waals surface area contributed by atoms with Crippen LogP contribution in [0.25, 0.3) is 6.08 Å². The summed E-state index contributed by atoms with van der Waals surface area (Å²) in [6.45, 7) is 0.0713. The zero-order valence-electron chi connectivity index (χ0n) is 12.9. The zero-order valence-corrected chi connectivity index (χ0v) is 14.5. The van der Waals surface area contributed by atoms with Crippen LogP contribution < -0.4 is 0 Å². The number of halogens is 1. The maximum absolute atomic E-state index is 12.0. The van der Waals surface area contributed by atoms with E-state index in [-0.39, 0.29) is 13.2 Å². The fourth-order valence-electron chi connectivity index (χ4n) is 1.84. The number of hydrogen-bond acceptors (Lipinski definition) is 5. The maximum Gasteiger partial charge on any atom is 0.324 e. The molecule has 0 atom stereocenters. The molecule has 0 saturated carbocycles. The number of hydrogen-bond donors (Lipinski definition) is 0. The molecule has 122 valence electrons. The summed E-state index contributed by atoms with van der Waals surface area (Å²) in [5, 5.41) is 0. The molecule has 0 aromatic heterocycles. The second-order valence-electron chi connectivity index (χ2n) is 4.45. The van der Waals surface area contributed by atoms with Crippen LogP contribution in [-0.2, 0) is 23.8 Å². The molecule has 1 aromatic rings. The van der Waals surface area contributed by atoms with Crippen molar-refractivity contribution in [2.75, 3.05) is 27.4 Å². The van der Waals surface area contributed by atoms with Crippen molar-refractivity contribution in [3.05, 3.63) is 39.9 Å². The Morgan fingerprint density at radius 2 is 1.78 bits per heavy atom. The molecule has 23 heavy (non-hydrogen) atoms. The number of esters is 2. The molecule has 0 saturated heterocycles. The van der Waals surface area contributed by atoms with Crippen molar-refractivity contribution in [3.8, 4) is 12.3 Å². The molecule has 1 aromatic carbocycles. The molecule has 0 unspecified atom stereocenters. The van der Waals surface area contributed by atoms with Gasteiger partial charge < -0.3 is 14.2 Å².